The van der Waals surface area contributed by atoms with E-state index >= 15 is 0 Å². The Morgan fingerprint density at radius 2 is 1.88 bits per heavy atom. The van der Waals surface area contributed by atoms with Crippen LogP contribution in [0.3, 0.4) is 0 Å². The predicted molar refractivity (Wildman–Crippen MR) is 112 cm³/mol. The summed E-state index contributed by atoms with van der Waals surface area (Å²) in [7, 11) is 0. The number of nitriles is 1. The number of ether oxygens (including phenoxy) is 1. The summed E-state index contributed by atoms with van der Waals surface area (Å²) in [6, 6.07) is 2.05. The first-order chi connectivity index (χ1) is 15.8. The number of hydrogen-bond acceptors (Lipinski definition) is 8. The third kappa shape index (κ3) is 5.81. The molecule has 0 N–H and O–H groups in total. The van der Waals surface area contributed by atoms with E-state index in [-0.39, 0.29) is 51.4 Å². The Morgan fingerprint density at radius 3 is 2.44 bits per heavy atom. The van der Waals surface area contributed by atoms with Crippen LogP contribution in [0.1, 0.15) is 52.9 Å². The Hall–Kier alpha value is -2.81. The maximum absolute atomic E-state index is 13.7. The summed E-state index contributed by atoms with van der Waals surface area (Å²) in [5.41, 5.74) is -0.612. The lowest BCUT2D eigenvalue weighted by atomic mass is 9.82. The minimum atomic E-state index is -2.73. The standard InChI is InChI=1S/C22H30F2N4O6/c1-14(10-21(2,3)27-9-7-22(23,24)13-27)16(11-25)19(31)26-8-6-15(12-26)33-20(32)34-28-17(29)4-5-18(28)30/h14-16H,4-10,12-13H2,1-3H3/t14?,15-,16?/m0/s1. The van der Waals surface area contributed by atoms with Crippen LogP contribution in [0.4, 0.5) is 13.6 Å². The fourth-order valence-corrected chi connectivity index (χ4v) is 4.82. The lowest BCUT2D eigenvalue weighted by Crippen LogP contribution is -2.46. The van der Waals surface area contributed by atoms with Crippen LogP contribution in [-0.2, 0) is 24.0 Å². The third-order valence-electron chi connectivity index (χ3n) is 6.71. The van der Waals surface area contributed by atoms with Gasteiger partial charge in [-0.1, -0.05) is 12.0 Å². The van der Waals surface area contributed by atoms with Gasteiger partial charge in [0.2, 0.25) is 5.91 Å². The predicted octanol–water partition coefficient (Wildman–Crippen LogP) is 2.09. The van der Waals surface area contributed by atoms with E-state index in [4.69, 9.17) is 4.74 Å². The van der Waals surface area contributed by atoms with Gasteiger partial charge in [-0.25, -0.2) is 13.6 Å². The number of halogens is 2. The molecular weight excluding hydrogens is 454 g/mol. The largest absolute Gasteiger partial charge is 0.534 e. The van der Waals surface area contributed by atoms with Crippen LogP contribution in [0.15, 0.2) is 0 Å². The molecule has 10 nitrogen and oxygen atoms in total. The molecule has 0 radical (unpaired) electrons. The van der Waals surface area contributed by atoms with Crippen LogP contribution in [-0.4, -0.2) is 82.5 Å². The highest BCUT2D eigenvalue weighted by Gasteiger charge is 2.45. The van der Waals surface area contributed by atoms with E-state index in [0.717, 1.165) is 0 Å². The second-order valence-corrected chi connectivity index (χ2v) is 9.86. The van der Waals surface area contributed by atoms with Crippen LogP contribution in [0.25, 0.3) is 0 Å². The number of likely N-dealkylation sites (tertiary alicyclic amines) is 2. The van der Waals surface area contributed by atoms with Gasteiger partial charge in [-0.2, -0.15) is 5.26 Å². The molecule has 12 heteroatoms. The molecule has 0 spiro atoms. The second kappa shape index (κ2) is 9.82. The average Bonchev–Trinajstić information content (AvgIpc) is 3.43. The molecule has 0 saturated carbocycles. The number of rotatable bonds is 7. The van der Waals surface area contributed by atoms with Gasteiger partial charge >= 0.3 is 6.16 Å². The van der Waals surface area contributed by atoms with Crippen molar-refractivity contribution in [1.29, 1.82) is 5.26 Å². The van der Waals surface area contributed by atoms with E-state index in [9.17, 15) is 33.2 Å². The van der Waals surface area contributed by atoms with E-state index in [0.29, 0.717) is 17.9 Å². The van der Waals surface area contributed by atoms with Gasteiger partial charge in [0.05, 0.1) is 19.2 Å². The van der Waals surface area contributed by atoms with Gasteiger partial charge in [-0.3, -0.25) is 24.1 Å². The molecule has 0 aromatic heterocycles. The molecule has 0 aliphatic carbocycles. The zero-order valence-corrected chi connectivity index (χ0v) is 19.6. The van der Waals surface area contributed by atoms with Crippen LogP contribution < -0.4 is 0 Å². The molecule has 3 atom stereocenters. The second-order valence-electron chi connectivity index (χ2n) is 9.86. The summed E-state index contributed by atoms with van der Waals surface area (Å²) >= 11 is 0. The molecule has 3 fully saturated rings. The van der Waals surface area contributed by atoms with Crippen molar-refractivity contribution in [3.8, 4) is 6.07 Å². The first-order valence-electron chi connectivity index (χ1n) is 11.4. The Labute approximate surface area is 196 Å². The molecule has 0 aromatic carbocycles. The zero-order valence-electron chi connectivity index (χ0n) is 19.6. The molecule has 0 bridgehead atoms. The normalized spacial score (nSPS) is 24.8. The first kappa shape index (κ1) is 25.8. The number of amides is 3. The number of imide groups is 1. The monoisotopic (exact) mass is 484 g/mol. The van der Waals surface area contributed by atoms with Gasteiger partial charge in [0.15, 0.2) is 0 Å². The lowest BCUT2D eigenvalue weighted by Gasteiger charge is -2.38. The van der Waals surface area contributed by atoms with E-state index in [1.165, 1.54) is 4.90 Å². The van der Waals surface area contributed by atoms with Crippen LogP contribution in [0, 0.1) is 23.2 Å². The smallest absolute Gasteiger partial charge is 0.427 e. The van der Waals surface area contributed by atoms with E-state index in [1.54, 1.807) is 11.8 Å². The van der Waals surface area contributed by atoms with Gasteiger partial charge < -0.3 is 9.64 Å². The Bertz CT molecular complexity index is 873. The Morgan fingerprint density at radius 1 is 1.24 bits per heavy atom. The van der Waals surface area contributed by atoms with Crippen molar-refractivity contribution >= 4 is 23.9 Å². The third-order valence-corrected chi connectivity index (χ3v) is 6.71. The summed E-state index contributed by atoms with van der Waals surface area (Å²) in [6.45, 7) is 5.65. The summed E-state index contributed by atoms with van der Waals surface area (Å²) in [6.07, 6.45) is -1.51. The van der Waals surface area contributed by atoms with Crippen LogP contribution in [0.2, 0.25) is 0 Å². The number of carbonyl (C=O) groups is 4. The molecule has 3 rings (SSSR count). The first-order valence-corrected chi connectivity index (χ1v) is 11.4. The summed E-state index contributed by atoms with van der Waals surface area (Å²) < 4.78 is 32.5. The van der Waals surface area contributed by atoms with Crippen molar-refractivity contribution < 1.29 is 37.5 Å². The molecule has 2 unspecified atom stereocenters. The molecule has 34 heavy (non-hydrogen) atoms. The van der Waals surface area contributed by atoms with Crippen molar-refractivity contribution in [3.05, 3.63) is 0 Å². The quantitative estimate of drug-likeness (QED) is 0.398. The molecule has 3 aliphatic heterocycles. The Kier molecular flexibility index (Phi) is 7.45. The highest BCUT2D eigenvalue weighted by atomic mass is 19.3. The number of hydrogen-bond donors (Lipinski definition) is 0. The molecule has 3 heterocycles. The number of nitrogens with zero attached hydrogens (tertiary/aromatic N) is 4. The lowest BCUT2D eigenvalue weighted by molar-refractivity contribution is -0.178. The van der Waals surface area contributed by atoms with Gasteiger partial charge in [-0.15, -0.1) is 0 Å². The van der Waals surface area contributed by atoms with Gasteiger partial charge in [-0.05, 0) is 26.2 Å². The zero-order chi connectivity index (χ0) is 25.3. The topological polar surface area (TPSA) is 120 Å². The number of hydroxylamine groups is 2. The molecule has 3 amide bonds. The van der Waals surface area contributed by atoms with Crippen molar-refractivity contribution in [2.45, 2.75) is 70.4 Å². The van der Waals surface area contributed by atoms with Gasteiger partial charge in [0.25, 0.3) is 17.7 Å². The number of alkyl halides is 2. The summed E-state index contributed by atoms with van der Waals surface area (Å²) in [5.74, 6) is -5.77. The molecule has 3 aliphatic rings. The van der Waals surface area contributed by atoms with Gasteiger partial charge in [0, 0.05) is 44.3 Å². The summed E-state index contributed by atoms with van der Waals surface area (Å²) in [4.78, 5) is 55.8. The van der Waals surface area contributed by atoms with E-state index in [1.807, 2.05) is 19.9 Å². The minimum absolute atomic E-state index is 0.0391. The van der Waals surface area contributed by atoms with E-state index < -0.39 is 47.4 Å². The maximum atomic E-state index is 13.7. The van der Waals surface area contributed by atoms with E-state index in [2.05, 4.69) is 4.84 Å². The van der Waals surface area contributed by atoms with Crippen molar-refractivity contribution in [1.82, 2.24) is 14.9 Å². The average molecular weight is 485 g/mol. The molecule has 188 valence electrons. The molecular formula is C22H30F2N4O6. The fourth-order valence-electron chi connectivity index (χ4n) is 4.82. The van der Waals surface area contributed by atoms with Crippen molar-refractivity contribution in [3.63, 3.8) is 0 Å². The highest BCUT2D eigenvalue weighted by Crippen LogP contribution is 2.36. The minimum Gasteiger partial charge on any atom is -0.427 e. The SMILES string of the molecule is CC(CC(C)(C)N1CCC(F)(F)C1)C(C#N)C(=O)N1CC[C@H](OC(=O)ON2C(=O)CCC2=O)C1. The fraction of sp³-hybridized carbons (Fsp3) is 0.773. The highest BCUT2D eigenvalue weighted by molar-refractivity contribution is 6.01. The van der Waals surface area contributed by atoms with Crippen molar-refractivity contribution in [2.24, 2.45) is 11.8 Å². The van der Waals surface area contributed by atoms with Crippen LogP contribution in [0.5, 0.6) is 0 Å². The van der Waals surface area contributed by atoms with Gasteiger partial charge in [0.1, 0.15) is 12.0 Å². The van der Waals surface area contributed by atoms with Crippen molar-refractivity contribution in [2.75, 3.05) is 26.2 Å². The maximum Gasteiger partial charge on any atom is 0.534 e. The summed E-state index contributed by atoms with van der Waals surface area (Å²) in [5, 5.41) is 10.1. The Balaban J connectivity index is 1.52. The number of carbonyl (C=O) groups excluding carboxylic acids is 4. The molecule has 0 aromatic rings. The molecule has 3 saturated heterocycles. The van der Waals surface area contributed by atoms with Crippen LogP contribution >= 0.6 is 0 Å².